The SMILES string of the molecule is COC(=O)NC(C(=O)O)C1CC(C(F)(F)F)C2CC1C2. The summed E-state index contributed by atoms with van der Waals surface area (Å²) in [6.07, 6.45) is -4.76. The highest BCUT2D eigenvalue weighted by molar-refractivity contribution is 5.80. The molecule has 3 unspecified atom stereocenters. The molecule has 0 radical (unpaired) electrons. The number of hydrogen-bond acceptors (Lipinski definition) is 3. The van der Waals surface area contributed by atoms with E-state index >= 15 is 0 Å². The third-order valence-corrected chi connectivity index (χ3v) is 4.49. The van der Waals surface area contributed by atoms with Crippen LogP contribution < -0.4 is 5.32 Å². The molecule has 0 spiro atoms. The van der Waals surface area contributed by atoms with Crippen LogP contribution in [0.5, 0.6) is 0 Å². The number of aliphatic carboxylic acids is 1. The van der Waals surface area contributed by atoms with Crippen LogP contribution in [-0.2, 0) is 9.53 Å². The van der Waals surface area contributed by atoms with Crippen LogP contribution in [0.25, 0.3) is 0 Å². The van der Waals surface area contributed by atoms with Gasteiger partial charge in [0.05, 0.1) is 13.0 Å². The minimum absolute atomic E-state index is 0.0724. The molecule has 3 rings (SSSR count). The quantitative estimate of drug-likeness (QED) is 0.835. The summed E-state index contributed by atoms with van der Waals surface area (Å²) in [6.45, 7) is 0. The second kappa shape index (κ2) is 5.14. The van der Waals surface area contributed by atoms with Gasteiger partial charge in [-0.3, -0.25) is 0 Å². The van der Waals surface area contributed by atoms with Gasteiger partial charge in [0, 0.05) is 0 Å². The Labute approximate surface area is 113 Å². The van der Waals surface area contributed by atoms with Crippen LogP contribution in [-0.4, -0.2) is 36.5 Å². The van der Waals surface area contributed by atoms with Gasteiger partial charge in [0.2, 0.25) is 0 Å². The Morgan fingerprint density at radius 2 is 1.85 bits per heavy atom. The summed E-state index contributed by atoms with van der Waals surface area (Å²) in [5.74, 6) is -3.98. The lowest BCUT2D eigenvalue weighted by Crippen LogP contribution is -2.57. The van der Waals surface area contributed by atoms with Crippen molar-refractivity contribution in [2.45, 2.75) is 31.5 Å². The van der Waals surface area contributed by atoms with Crippen molar-refractivity contribution in [3.63, 3.8) is 0 Å². The molecule has 8 heteroatoms. The van der Waals surface area contributed by atoms with Crippen molar-refractivity contribution in [2.24, 2.45) is 23.7 Å². The highest BCUT2D eigenvalue weighted by Crippen LogP contribution is 2.57. The molecular weight excluding hydrogens is 279 g/mol. The zero-order valence-electron chi connectivity index (χ0n) is 10.8. The van der Waals surface area contributed by atoms with Crippen LogP contribution in [0.15, 0.2) is 0 Å². The zero-order chi connectivity index (χ0) is 15.1. The molecule has 0 heterocycles. The monoisotopic (exact) mass is 295 g/mol. The Morgan fingerprint density at radius 3 is 2.30 bits per heavy atom. The number of methoxy groups -OCH3 is 1. The summed E-state index contributed by atoms with van der Waals surface area (Å²) in [6, 6.07) is -1.33. The maximum Gasteiger partial charge on any atom is 0.407 e. The van der Waals surface area contributed by atoms with E-state index < -0.39 is 42.0 Å². The van der Waals surface area contributed by atoms with Gasteiger partial charge >= 0.3 is 18.2 Å². The average molecular weight is 295 g/mol. The van der Waals surface area contributed by atoms with Gasteiger partial charge < -0.3 is 15.2 Å². The largest absolute Gasteiger partial charge is 0.480 e. The maximum absolute atomic E-state index is 12.9. The van der Waals surface area contributed by atoms with Crippen molar-refractivity contribution in [1.29, 1.82) is 0 Å². The minimum Gasteiger partial charge on any atom is -0.480 e. The molecule has 3 fully saturated rings. The van der Waals surface area contributed by atoms with Gasteiger partial charge in [-0.05, 0) is 37.0 Å². The van der Waals surface area contributed by atoms with Gasteiger partial charge in [0.25, 0.3) is 0 Å². The standard InChI is InChI=1S/C12H16F3NO4/c1-20-11(19)16-9(10(17)18)7-4-8(12(13,14)15)6-2-5(7)3-6/h5-9H,2-4H2,1H3,(H,16,19)(H,17,18). The number of rotatable bonds is 3. The van der Waals surface area contributed by atoms with Crippen LogP contribution in [0.1, 0.15) is 19.3 Å². The second-order valence-electron chi connectivity index (χ2n) is 5.49. The van der Waals surface area contributed by atoms with Crippen molar-refractivity contribution >= 4 is 12.1 Å². The molecule has 0 aromatic carbocycles. The summed E-state index contributed by atoms with van der Waals surface area (Å²) >= 11 is 0. The second-order valence-corrected chi connectivity index (χ2v) is 5.49. The molecule has 3 aliphatic carbocycles. The van der Waals surface area contributed by atoms with Crippen molar-refractivity contribution in [1.82, 2.24) is 5.32 Å². The van der Waals surface area contributed by atoms with E-state index in [1.54, 1.807) is 0 Å². The number of carbonyl (C=O) groups is 2. The number of amides is 1. The average Bonchev–Trinajstić information content (AvgIpc) is 2.32. The summed E-state index contributed by atoms with van der Waals surface area (Å²) < 4.78 is 43.1. The van der Waals surface area contributed by atoms with E-state index in [4.69, 9.17) is 5.11 Å². The molecule has 114 valence electrons. The number of hydrogen-bond donors (Lipinski definition) is 2. The van der Waals surface area contributed by atoms with Gasteiger partial charge in [-0.1, -0.05) is 0 Å². The van der Waals surface area contributed by atoms with Crippen LogP contribution >= 0.6 is 0 Å². The molecule has 0 saturated heterocycles. The number of fused-ring (bicyclic) bond motifs is 2. The van der Waals surface area contributed by atoms with Gasteiger partial charge in [0.15, 0.2) is 0 Å². The van der Waals surface area contributed by atoms with E-state index in [1.165, 1.54) is 0 Å². The number of carbonyl (C=O) groups excluding carboxylic acids is 1. The van der Waals surface area contributed by atoms with E-state index in [0.717, 1.165) is 7.11 Å². The third kappa shape index (κ3) is 2.69. The van der Waals surface area contributed by atoms with Crippen LogP contribution in [0.3, 0.4) is 0 Å². The van der Waals surface area contributed by atoms with Crippen LogP contribution in [0.4, 0.5) is 18.0 Å². The summed E-state index contributed by atoms with van der Waals surface area (Å²) in [7, 11) is 1.08. The first-order valence-corrected chi connectivity index (χ1v) is 6.38. The van der Waals surface area contributed by atoms with Gasteiger partial charge in [-0.15, -0.1) is 0 Å². The van der Waals surface area contributed by atoms with Crippen LogP contribution in [0.2, 0.25) is 0 Å². The Balaban J connectivity index is 2.13. The van der Waals surface area contributed by atoms with E-state index in [9.17, 15) is 22.8 Å². The highest BCUT2D eigenvalue weighted by Gasteiger charge is 2.58. The molecule has 3 atom stereocenters. The van der Waals surface area contributed by atoms with E-state index in [0.29, 0.717) is 12.8 Å². The number of carboxylic acid groups (broad SMARTS) is 1. The molecule has 2 N–H and O–H groups in total. The predicted octanol–water partition coefficient (Wildman–Crippen LogP) is 2.02. The summed E-state index contributed by atoms with van der Waals surface area (Å²) in [5, 5.41) is 11.3. The normalized spacial score (nSPS) is 33.8. The van der Waals surface area contributed by atoms with E-state index in [2.05, 4.69) is 10.1 Å². The Hall–Kier alpha value is -1.47. The number of carboxylic acids is 1. The molecule has 1 amide bonds. The van der Waals surface area contributed by atoms with Gasteiger partial charge in [0.1, 0.15) is 6.04 Å². The smallest absolute Gasteiger partial charge is 0.407 e. The molecule has 5 nitrogen and oxygen atoms in total. The molecule has 0 aromatic heterocycles. The fourth-order valence-electron chi connectivity index (χ4n) is 3.41. The highest BCUT2D eigenvalue weighted by atomic mass is 19.4. The van der Waals surface area contributed by atoms with Crippen molar-refractivity contribution in [3.8, 4) is 0 Å². The molecule has 3 aliphatic rings. The first-order chi connectivity index (χ1) is 9.24. The lowest BCUT2D eigenvalue weighted by molar-refractivity contribution is -0.228. The molecule has 20 heavy (non-hydrogen) atoms. The van der Waals surface area contributed by atoms with E-state index in [-0.39, 0.29) is 12.3 Å². The Kier molecular flexibility index (Phi) is 3.84. The minimum atomic E-state index is -4.32. The van der Waals surface area contributed by atoms with Gasteiger partial charge in [-0.25, -0.2) is 9.59 Å². The third-order valence-electron chi connectivity index (χ3n) is 4.49. The fraction of sp³-hybridized carbons (Fsp3) is 0.833. The molecule has 2 bridgehead atoms. The number of alkyl halides is 3. The van der Waals surface area contributed by atoms with Crippen LogP contribution in [0, 0.1) is 23.7 Å². The lowest BCUT2D eigenvalue weighted by atomic mass is 9.53. The number of alkyl carbamates (subject to hydrolysis) is 1. The zero-order valence-corrected chi connectivity index (χ0v) is 10.8. The number of nitrogens with one attached hydrogen (secondary N) is 1. The first kappa shape index (κ1) is 14.9. The summed E-state index contributed by atoms with van der Waals surface area (Å²) in [5.41, 5.74) is 0. The Bertz CT molecular complexity index is 406. The fourth-order valence-corrected chi connectivity index (χ4v) is 3.41. The predicted molar refractivity (Wildman–Crippen MR) is 60.8 cm³/mol. The molecule has 0 aromatic rings. The molecule has 0 aliphatic heterocycles. The van der Waals surface area contributed by atoms with Crippen molar-refractivity contribution < 1.29 is 32.6 Å². The first-order valence-electron chi connectivity index (χ1n) is 6.38. The summed E-state index contributed by atoms with van der Waals surface area (Å²) in [4.78, 5) is 22.4. The number of ether oxygens (including phenoxy) is 1. The van der Waals surface area contributed by atoms with Gasteiger partial charge in [-0.2, -0.15) is 13.2 Å². The topological polar surface area (TPSA) is 75.6 Å². The van der Waals surface area contributed by atoms with E-state index in [1.807, 2.05) is 0 Å². The number of halogens is 3. The van der Waals surface area contributed by atoms with Crippen molar-refractivity contribution in [3.05, 3.63) is 0 Å². The lowest BCUT2D eigenvalue weighted by Gasteiger charge is -2.52. The molecular formula is C12H16F3NO4. The van der Waals surface area contributed by atoms with Crippen molar-refractivity contribution in [2.75, 3.05) is 7.11 Å². The molecule has 3 saturated carbocycles. The Morgan fingerprint density at radius 1 is 1.25 bits per heavy atom. The maximum atomic E-state index is 12.9.